The molecular weight excluding hydrogens is 304 g/mol. The standard InChI is InChI=1S/C14H26N4O5/c1-7(2)6-10(18-12(20)8(3)15)13(21)17-9(14(22)23)4-5-11(16)19/h7-10H,4-6,15H2,1-3H3,(H2,16,19)(H,17,21)(H,18,20)(H,22,23)/t8-,9-,10-/m0/s1. The topological polar surface area (TPSA) is 165 Å². The van der Waals surface area contributed by atoms with Crippen molar-refractivity contribution < 1.29 is 24.3 Å². The fraction of sp³-hybridized carbons (Fsp3) is 0.714. The molecule has 0 spiro atoms. The molecule has 0 saturated heterocycles. The van der Waals surface area contributed by atoms with Crippen LogP contribution in [-0.4, -0.2) is 46.9 Å². The Labute approximate surface area is 135 Å². The monoisotopic (exact) mass is 330 g/mol. The van der Waals surface area contributed by atoms with Crippen LogP contribution in [0.15, 0.2) is 0 Å². The van der Waals surface area contributed by atoms with E-state index in [2.05, 4.69) is 10.6 Å². The van der Waals surface area contributed by atoms with E-state index in [4.69, 9.17) is 16.6 Å². The summed E-state index contributed by atoms with van der Waals surface area (Å²) >= 11 is 0. The van der Waals surface area contributed by atoms with E-state index in [-0.39, 0.29) is 18.8 Å². The molecule has 7 N–H and O–H groups in total. The molecule has 0 aromatic heterocycles. The Morgan fingerprint density at radius 2 is 1.52 bits per heavy atom. The highest BCUT2D eigenvalue weighted by molar-refractivity contribution is 5.91. The van der Waals surface area contributed by atoms with E-state index in [1.807, 2.05) is 13.8 Å². The second-order valence-corrected chi connectivity index (χ2v) is 5.88. The molecule has 9 heteroatoms. The van der Waals surface area contributed by atoms with Gasteiger partial charge in [-0.15, -0.1) is 0 Å². The van der Waals surface area contributed by atoms with Crippen molar-refractivity contribution in [3.05, 3.63) is 0 Å². The van der Waals surface area contributed by atoms with Gasteiger partial charge in [0, 0.05) is 6.42 Å². The summed E-state index contributed by atoms with van der Waals surface area (Å²) in [6.45, 7) is 5.20. The summed E-state index contributed by atoms with van der Waals surface area (Å²) in [6.07, 6.45) is 0.0385. The normalized spacial score (nSPS) is 14.7. The third kappa shape index (κ3) is 8.77. The molecule has 0 aliphatic rings. The number of nitrogens with two attached hydrogens (primary N) is 2. The van der Waals surface area contributed by atoms with Gasteiger partial charge in [0.1, 0.15) is 12.1 Å². The van der Waals surface area contributed by atoms with E-state index in [1.165, 1.54) is 6.92 Å². The Hall–Kier alpha value is -2.16. The summed E-state index contributed by atoms with van der Waals surface area (Å²) in [7, 11) is 0. The summed E-state index contributed by atoms with van der Waals surface area (Å²) in [5.74, 6) is -2.98. The van der Waals surface area contributed by atoms with Gasteiger partial charge >= 0.3 is 5.97 Å². The molecule has 0 aromatic carbocycles. The molecule has 0 fully saturated rings. The van der Waals surface area contributed by atoms with Crippen molar-refractivity contribution >= 4 is 23.7 Å². The van der Waals surface area contributed by atoms with E-state index in [0.29, 0.717) is 6.42 Å². The zero-order valence-electron chi connectivity index (χ0n) is 13.7. The molecule has 0 unspecified atom stereocenters. The van der Waals surface area contributed by atoms with Gasteiger partial charge in [-0.25, -0.2) is 4.79 Å². The minimum Gasteiger partial charge on any atom is -0.480 e. The van der Waals surface area contributed by atoms with Crippen LogP contribution < -0.4 is 22.1 Å². The van der Waals surface area contributed by atoms with Crippen LogP contribution in [0.2, 0.25) is 0 Å². The number of hydrogen-bond acceptors (Lipinski definition) is 5. The predicted octanol–water partition coefficient (Wildman–Crippen LogP) is -1.30. The van der Waals surface area contributed by atoms with Crippen LogP contribution >= 0.6 is 0 Å². The third-order valence-corrected chi connectivity index (χ3v) is 3.05. The van der Waals surface area contributed by atoms with E-state index < -0.39 is 41.8 Å². The fourth-order valence-corrected chi connectivity index (χ4v) is 1.82. The minimum absolute atomic E-state index is 0.0908. The molecule has 0 heterocycles. The average molecular weight is 330 g/mol. The Bertz CT molecular complexity index is 450. The lowest BCUT2D eigenvalue weighted by Gasteiger charge is -2.23. The van der Waals surface area contributed by atoms with Gasteiger partial charge in [0.05, 0.1) is 6.04 Å². The smallest absolute Gasteiger partial charge is 0.326 e. The summed E-state index contributed by atoms with van der Waals surface area (Å²) in [6, 6.07) is -2.94. The van der Waals surface area contributed by atoms with Gasteiger partial charge in [-0.2, -0.15) is 0 Å². The van der Waals surface area contributed by atoms with Gasteiger partial charge in [0.15, 0.2) is 0 Å². The largest absolute Gasteiger partial charge is 0.480 e. The predicted molar refractivity (Wildman–Crippen MR) is 83.0 cm³/mol. The van der Waals surface area contributed by atoms with E-state index in [0.717, 1.165) is 0 Å². The SMILES string of the molecule is CC(C)C[C@H](NC(=O)[C@H](C)N)C(=O)N[C@@H](CCC(N)=O)C(=O)O. The summed E-state index contributed by atoms with van der Waals surface area (Å²) < 4.78 is 0. The molecule has 0 aromatic rings. The van der Waals surface area contributed by atoms with Crippen LogP contribution in [0.5, 0.6) is 0 Å². The Morgan fingerprint density at radius 1 is 1.00 bits per heavy atom. The van der Waals surface area contributed by atoms with Crippen LogP contribution in [0, 0.1) is 5.92 Å². The lowest BCUT2D eigenvalue weighted by Crippen LogP contribution is -2.54. The van der Waals surface area contributed by atoms with Crippen LogP contribution in [-0.2, 0) is 19.2 Å². The van der Waals surface area contributed by atoms with Crippen LogP contribution in [0.4, 0.5) is 0 Å². The maximum atomic E-state index is 12.3. The Morgan fingerprint density at radius 3 is 1.91 bits per heavy atom. The number of nitrogens with one attached hydrogen (secondary N) is 2. The first-order valence-electron chi connectivity index (χ1n) is 7.42. The lowest BCUT2D eigenvalue weighted by atomic mass is 10.0. The summed E-state index contributed by atoms with van der Waals surface area (Å²) in [5.41, 5.74) is 10.4. The van der Waals surface area contributed by atoms with E-state index >= 15 is 0 Å². The highest BCUT2D eigenvalue weighted by Crippen LogP contribution is 2.07. The maximum Gasteiger partial charge on any atom is 0.326 e. The molecule has 132 valence electrons. The number of rotatable bonds is 10. The second kappa shape index (κ2) is 9.78. The third-order valence-electron chi connectivity index (χ3n) is 3.05. The van der Waals surface area contributed by atoms with Crippen molar-refractivity contribution in [3.63, 3.8) is 0 Å². The maximum absolute atomic E-state index is 12.3. The van der Waals surface area contributed by atoms with Crippen molar-refractivity contribution in [1.29, 1.82) is 0 Å². The lowest BCUT2D eigenvalue weighted by molar-refractivity contribution is -0.142. The first-order valence-corrected chi connectivity index (χ1v) is 7.42. The number of carbonyl (C=O) groups is 4. The second-order valence-electron chi connectivity index (χ2n) is 5.88. The first kappa shape index (κ1) is 20.8. The van der Waals surface area contributed by atoms with Crippen molar-refractivity contribution in [2.75, 3.05) is 0 Å². The average Bonchev–Trinajstić information content (AvgIpc) is 2.40. The van der Waals surface area contributed by atoms with Gasteiger partial charge in [-0.05, 0) is 25.7 Å². The van der Waals surface area contributed by atoms with Crippen molar-refractivity contribution in [3.8, 4) is 0 Å². The minimum atomic E-state index is -1.28. The van der Waals surface area contributed by atoms with Gasteiger partial charge in [-0.3, -0.25) is 14.4 Å². The zero-order chi connectivity index (χ0) is 18.2. The Kier molecular flexibility index (Phi) is 8.86. The van der Waals surface area contributed by atoms with Gasteiger partial charge in [-0.1, -0.05) is 13.8 Å². The van der Waals surface area contributed by atoms with Gasteiger partial charge in [0.25, 0.3) is 0 Å². The number of hydrogen-bond donors (Lipinski definition) is 5. The molecule has 3 amide bonds. The molecule has 0 aliphatic heterocycles. The zero-order valence-corrected chi connectivity index (χ0v) is 13.7. The molecule has 0 bridgehead atoms. The van der Waals surface area contributed by atoms with Crippen LogP contribution in [0.25, 0.3) is 0 Å². The highest BCUT2D eigenvalue weighted by Gasteiger charge is 2.27. The molecule has 0 radical (unpaired) electrons. The molecular formula is C14H26N4O5. The number of primary amides is 1. The van der Waals surface area contributed by atoms with Gasteiger partial charge < -0.3 is 27.2 Å². The number of amides is 3. The summed E-state index contributed by atoms with van der Waals surface area (Å²) in [4.78, 5) is 45.8. The number of carboxylic acid groups (broad SMARTS) is 1. The van der Waals surface area contributed by atoms with Crippen LogP contribution in [0.1, 0.15) is 40.0 Å². The fourth-order valence-electron chi connectivity index (χ4n) is 1.82. The first-order chi connectivity index (χ1) is 10.5. The van der Waals surface area contributed by atoms with Gasteiger partial charge in [0.2, 0.25) is 17.7 Å². The molecule has 0 saturated carbocycles. The van der Waals surface area contributed by atoms with Crippen molar-refractivity contribution in [2.45, 2.75) is 58.2 Å². The molecule has 0 aliphatic carbocycles. The van der Waals surface area contributed by atoms with Crippen molar-refractivity contribution in [2.24, 2.45) is 17.4 Å². The van der Waals surface area contributed by atoms with E-state index in [1.54, 1.807) is 0 Å². The molecule has 0 rings (SSSR count). The quantitative estimate of drug-likeness (QED) is 0.334. The van der Waals surface area contributed by atoms with E-state index in [9.17, 15) is 19.2 Å². The van der Waals surface area contributed by atoms with Crippen molar-refractivity contribution in [1.82, 2.24) is 10.6 Å². The highest BCUT2D eigenvalue weighted by atomic mass is 16.4. The molecule has 3 atom stereocenters. The number of aliphatic carboxylic acids is 1. The number of carbonyl (C=O) groups excluding carboxylic acids is 3. The van der Waals surface area contributed by atoms with Crippen LogP contribution in [0.3, 0.4) is 0 Å². The number of carboxylic acids is 1. The molecule has 9 nitrogen and oxygen atoms in total. The summed E-state index contributed by atoms with van der Waals surface area (Å²) in [5, 5.41) is 13.9. The Balaban J connectivity index is 4.92. The molecule has 23 heavy (non-hydrogen) atoms.